The fraction of sp³-hybridized carbons (Fsp3) is 0.269. The summed E-state index contributed by atoms with van der Waals surface area (Å²) in [5, 5.41) is 15.3. The second-order valence-electron chi connectivity index (χ2n) is 7.89. The Labute approximate surface area is 197 Å². The van der Waals surface area contributed by atoms with E-state index in [0.29, 0.717) is 16.7 Å². The van der Waals surface area contributed by atoms with E-state index >= 15 is 0 Å². The van der Waals surface area contributed by atoms with Crippen molar-refractivity contribution in [2.75, 3.05) is 18.2 Å². The van der Waals surface area contributed by atoms with Crippen molar-refractivity contribution < 1.29 is 9.47 Å². The van der Waals surface area contributed by atoms with Crippen LogP contribution in [0.1, 0.15) is 38.0 Å². The number of thioether (sulfide) groups is 1. The summed E-state index contributed by atoms with van der Waals surface area (Å²) in [7, 11) is 1.68. The van der Waals surface area contributed by atoms with Crippen LogP contribution in [0.5, 0.6) is 11.6 Å². The van der Waals surface area contributed by atoms with E-state index in [0.717, 1.165) is 45.5 Å². The largest absolute Gasteiger partial charge is 0.496 e. The third-order valence-electron chi connectivity index (χ3n) is 5.73. The quantitative estimate of drug-likeness (QED) is 0.251. The first-order valence-electron chi connectivity index (χ1n) is 11.2. The van der Waals surface area contributed by atoms with Gasteiger partial charge < -0.3 is 14.8 Å². The number of ether oxygens (including phenoxy) is 2. The average Bonchev–Trinajstić information content (AvgIpc) is 3.02. The number of methoxy groups -OCH3 is 1. The molecular formula is C26H26N4O2S. The van der Waals surface area contributed by atoms with E-state index < -0.39 is 6.23 Å². The number of nitrogens with zero attached hydrogens (tertiary/aromatic N) is 3. The summed E-state index contributed by atoms with van der Waals surface area (Å²) in [6.45, 7) is 2.20. The Kier molecular flexibility index (Phi) is 6.30. The summed E-state index contributed by atoms with van der Waals surface area (Å²) in [6.07, 6.45) is 3.00. The summed E-state index contributed by atoms with van der Waals surface area (Å²) in [5.74, 6) is 2.19. The highest BCUT2D eigenvalue weighted by Crippen LogP contribution is 2.43. The molecule has 0 amide bonds. The Morgan fingerprint density at radius 1 is 1.00 bits per heavy atom. The van der Waals surface area contributed by atoms with Gasteiger partial charge in [0.2, 0.25) is 17.3 Å². The Hall–Kier alpha value is -3.32. The summed E-state index contributed by atoms with van der Waals surface area (Å²) >= 11 is 1.62. The van der Waals surface area contributed by atoms with Crippen molar-refractivity contribution in [1.82, 2.24) is 15.2 Å². The van der Waals surface area contributed by atoms with Crippen molar-refractivity contribution in [3.63, 3.8) is 0 Å². The van der Waals surface area contributed by atoms with Crippen molar-refractivity contribution in [3.05, 3.63) is 66.2 Å². The lowest BCUT2D eigenvalue weighted by Gasteiger charge is -2.23. The maximum absolute atomic E-state index is 6.53. The normalized spacial score (nSPS) is 14.5. The molecule has 0 bridgehead atoms. The van der Waals surface area contributed by atoms with Crippen LogP contribution < -0.4 is 14.8 Å². The molecule has 3 aromatic carbocycles. The smallest absolute Gasteiger partial charge is 0.247 e. The molecule has 33 heavy (non-hydrogen) atoms. The minimum atomic E-state index is -0.511. The molecule has 5 rings (SSSR count). The number of anilines is 1. The molecule has 0 saturated heterocycles. The van der Waals surface area contributed by atoms with E-state index in [-0.39, 0.29) is 0 Å². The molecular weight excluding hydrogens is 432 g/mol. The van der Waals surface area contributed by atoms with Gasteiger partial charge in [-0.05, 0) is 29.3 Å². The first-order chi connectivity index (χ1) is 16.3. The van der Waals surface area contributed by atoms with E-state index in [4.69, 9.17) is 14.5 Å². The van der Waals surface area contributed by atoms with Crippen molar-refractivity contribution in [2.24, 2.45) is 0 Å². The predicted molar refractivity (Wildman–Crippen MR) is 133 cm³/mol. The molecule has 6 nitrogen and oxygen atoms in total. The number of unbranched alkanes of at least 4 members (excludes halogenated alkanes) is 2. The lowest BCUT2D eigenvalue weighted by molar-refractivity contribution is 0.221. The van der Waals surface area contributed by atoms with Gasteiger partial charge in [-0.2, -0.15) is 4.98 Å². The predicted octanol–water partition coefficient (Wildman–Crippen LogP) is 6.49. The highest BCUT2D eigenvalue weighted by Gasteiger charge is 2.29. The van der Waals surface area contributed by atoms with Crippen molar-refractivity contribution in [3.8, 4) is 22.9 Å². The third kappa shape index (κ3) is 4.33. The van der Waals surface area contributed by atoms with Crippen LogP contribution in [0, 0.1) is 0 Å². The number of aromatic nitrogens is 3. The van der Waals surface area contributed by atoms with Gasteiger partial charge in [0.1, 0.15) is 5.75 Å². The SMILES string of the molecule is CCCCCSc1nnc2c(n1)OC(c1c(OC)ccc3ccccc13)Nc1ccccc1-2. The monoisotopic (exact) mass is 458 g/mol. The zero-order valence-corrected chi connectivity index (χ0v) is 19.6. The maximum Gasteiger partial charge on any atom is 0.247 e. The second-order valence-corrected chi connectivity index (χ2v) is 8.96. The number of nitrogens with one attached hydrogen (secondary N) is 1. The number of para-hydroxylation sites is 1. The average molecular weight is 459 g/mol. The number of hydrogen-bond donors (Lipinski definition) is 1. The van der Waals surface area contributed by atoms with Crippen LogP contribution >= 0.6 is 11.8 Å². The molecule has 1 unspecified atom stereocenters. The first-order valence-corrected chi connectivity index (χ1v) is 12.2. The lowest BCUT2D eigenvalue weighted by Crippen LogP contribution is -2.18. The molecule has 1 atom stereocenters. The van der Waals surface area contributed by atoms with Crippen LogP contribution in [0.3, 0.4) is 0 Å². The minimum absolute atomic E-state index is 0.473. The van der Waals surface area contributed by atoms with Crippen LogP contribution in [-0.2, 0) is 0 Å². The Morgan fingerprint density at radius 2 is 1.85 bits per heavy atom. The molecule has 0 fully saturated rings. The van der Waals surface area contributed by atoms with Crippen LogP contribution in [0.15, 0.2) is 65.8 Å². The van der Waals surface area contributed by atoms with E-state index in [1.807, 2.05) is 42.5 Å². The van der Waals surface area contributed by atoms with Gasteiger partial charge in [-0.15, -0.1) is 10.2 Å². The molecule has 1 aliphatic heterocycles. The van der Waals surface area contributed by atoms with Gasteiger partial charge in [0.15, 0.2) is 5.69 Å². The zero-order chi connectivity index (χ0) is 22.6. The molecule has 0 radical (unpaired) electrons. The topological polar surface area (TPSA) is 69.2 Å². The molecule has 0 aliphatic carbocycles. The van der Waals surface area contributed by atoms with Crippen LogP contribution in [0.2, 0.25) is 0 Å². The minimum Gasteiger partial charge on any atom is -0.496 e. The van der Waals surface area contributed by atoms with Crippen LogP contribution in [-0.4, -0.2) is 28.0 Å². The summed E-state index contributed by atoms with van der Waals surface area (Å²) in [4.78, 5) is 4.77. The van der Waals surface area contributed by atoms with Crippen LogP contribution in [0.4, 0.5) is 5.69 Å². The molecule has 4 aromatic rings. The lowest BCUT2D eigenvalue weighted by atomic mass is 10.0. The molecule has 7 heteroatoms. The standard InChI is InChI=1S/C26H26N4O2S/c1-3-4-9-16-33-26-28-25-23(29-30-26)19-12-7-8-13-20(19)27-24(32-25)22-18-11-6-5-10-17(18)14-15-21(22)31-2/h5-8,10-15,24,27H,3-4,9,16H2,1-2H3. The molecule has 0 spiro atoms. The Morgan fingerprint density at radius 3 is 2.73 bits per heavy atom. The number of benzene rings is 3. The first kappa shape index (κ1) is 21.5. The molecule has 1 aliphatic rings. The molecule has 1 aromatic heterocycles. The fourth-order valence-corrected chi connectivity index (χ4v) is 4.86. The second kappa shape index (κ2) is 9.67. The highest BCUT2D eigenvalue weighted by atomic mass is 32.2. The molecule has 0 saturated carbocycles. The van der Waals surface area contributed by atoms with Crippen molar-refractivity contribution in [2.45, 2.75) is 37.6 Å². The van der Waals surface area contributed by atoms with Gasteiger partial charge in [-0.3, -0.25) is 0 Å². The summed E-state index contributed by atoms with van der Waals surface area (Å²) in [6, 6.07) is 20.3. The van der Waals surface area contributed by atoms with E-state index in [1.165, 1.54) is 12.8 Å². The van der Waals surface area contributed by atoms with Crippen LogP contribution in [0.25, 0.3) is 22.0 Å². The van der Waals surface area contributed by atoms with Crippen molar-refractivity contribution >= 4 is 28.2 Å². The van der Waals surface area contributed by atoms with E-state index in [2.05, 4.69) is 40.6 Å². The number of fused-ring (bicyclic) bond motifs is 4. The molecule has 1 N–H and O–H groups in total. The summed E-state index contributed by atoms with van der Waals surface area (Å²) < 4.78 is 12.3. The fourth-order valence-electron chi connectivity index (χ4n) is 4.08. The maximum atomic E-state index is 6.53. The van der Waals surface area contributed by atoms with Gasteiger partial charge in [-0.1, -0.05) is 80.1 Å². The van der Waals surface area contributed by atoms with Gasteiger partial charge in [0.05, 0.1) is 12.7 Å². The number of rotatable bonds is 7. The Balaban J connectivity index is 1.60. The van der Waals surface area contributed by atoms with Gasteiger partial charge in [0.25, 0.3) is 0 Å². The van der Waals surface area contributed by atoms with E-state index in [1.54, 1.807) is 18.9 Å². The van der Waals surface area contributed by atoms with Gasteiger partial charge in [0, 0.05) is 17.0 Å². The highest BCUT2D eigenvalue weighted by molar-refractivity contribution is 7.99. The summed E-state index contributed by atoms with van der Waals surface area (Å²) in [5.41, 5.74) is 3.39. The molecule has 2 heterocycles. The zero-order valence-electron chi connectivity index (χ0n) is 18.7. The van der Waals surface area contributed by atoms with Gasteiger partial charge >= 0.3 is 0 Å². The van der Waals surface area contributed by atoms with Gasteiger partial charge in [-0.25, -0.2) is 0 Å². The van der Waals surface area contributed by atoms with Crippen molar-refractivity contribution in [1.29, 1.82) is 0 Å². The third-order valence-corrected chi connectivity index (χ3v) is 6.65. The Bertz CT molecular complexity index is 1280. The van der Waals surface area contributed by atoms with E-state index in [9.17, 15) is 0 Å². The number of hydrogen-bond acceptors (Lipinski definition) is 7. The molecule has 168 valence electrons.